The zero-order valence-corrected chi connectivity index (χ0v) is 16.8. The fourth-order valence-corrected chi connectivity index (χ4v) is 4.17. The van der Waals surface area contributed by atoms with Gasteiger partial charge in [-0.1, -0.05) is 18.2 Å². The number of hydrogen-bond donors (Lipinski definition) is 1. The molecule has 0 saturated carbocycles. The number of carbonyl (C=O) groups excluding carboxylic acids is 3. The Hall–Kier alpha value is -2.81. The van der Waals surface area contributed by atoms with Gasteiger partial charge in [-0.05, 0) is 50.1 Å². The van der Waals surface area contributed by atoms with Crippen LogP contribution in [0.15, 0.2) is 29.2 Å². The van der Waals surface area contributed by atoms with E-state index in [4.69, 9.17) is 9.84 Å². The molecular weight excluding hydrogens is 396 g/mol. The van der Waals surface area contributed by atoms with Gasteiger partial charge in [0.1, 0.15) is 12.3 Å². The van der Waals surface area contributed by atoms with E-state index in [1.54, 1.807) is 29.2 Å². The van der Waals surface area contributed by atoms with Gasteiger partial charge in [-0.15, -0.1) is 0 Å². The zero-order chi connectivity index (χ0) is 21.0. The first-order valence-electron chi connectivity index (χ1n) is 9.35. The number of amides is 3. The summed E-state index contributed by atoms with van der Waals surface area (Å²) in [4.78, 5) is 51.2. The molecule has 0 aliphatic carbocycles. The maximum Gasteiger partial charge on any atom is 0.341 e. The third kappa shape index (κ3) is 4.97. The number of nitrogens with zero attached hydrogens (tertiary/aromatic N) is 2. The Kier molecular flexibility index (Phi) is 6.58. The molecule has 3 amide bonds. The predicted octanol–water partition coefficient (Wildman–Crippen LogP) is 2.59. The average Bonchev–Trinajstić information content (AvgIpc) is 2.95. The molecule has 2 fully saturated rings. The monoisotopic (exact) mass is 418 g/mol. The Morgan fingerprint density at radius 2 is 2.03 bits per heavy atom. The Morgan fingerprint density at radius 3 is 2.76 bits per heavy atom. The molecule has 0 aromatic heterocycles. The lowest BCUT2D eigenvalue weighted by atomic mass is 10.0. The number of rotatable bonds is 6. The number of carboxylic acid groups (broad SMARTS) is 1. The van der Waals surface area contributed by atoms with Crippen molar-refractivity contribution in [2.45, 2.75) is 32.2 Å². The lowest BCUT2D eigenvalue weighted by Crippen LogP contribution is -2.47. The molecule has 0 radical (unpaired) electrons. The number of ether oxygens (including phenoxy) is 1. The van der Waals surface area contributed by atoms with Crippen molar-refractivity contribution in [3.05, 3.63) is 34.7 Å². The quantitative estimate of drug-likeness (QED) is 0.708. The Balaban J connectivity index is 1.73. The molecule has 8 nitrogen and oxygen atoms in total. The number of piperidine rings is 1. The number of benzene rings is 1. The van der Waals surface area contributed by atoms with Gasteiger partial charge in [0, 0.05) is 18.2 Å². The summed E-state index contributed by atoms with van der Waals surface area (Å²) >= 11 is 0.755. The van der Waals surface area contributed by atoms with Crippen LogP contribution >= 0.6 is 11.8 Å². The summed E-state index contributed by atoms with van der Waals surface area (Å²) in [6.07, 6.45) is 4.39. The van der Waals surface area contributed by atoms with E-state index >= 15 is 0 Å². The fourth-order valence-electron chi connectivity index (χ4n) is 3.34. The van der Waals surface area contributed by atoms with Gasteiger partial charge < -0.3 is 14.7 Å². The van der Waals surface area contributed by atoms with Gasteiger partial charge >= 0.3 is 5.97 Å². The second-order valence-electron chi connectivity index (χ2n) is 6.92. The van der Waals surface area contributed by atoms with E-state index in [9.17, 15) is 19.2 Å². The minimum Gasteiger partial charge on any atom is -0.481 e. The molecule has 2 aliphatic heterocycles. The van der Waals surface area contributed by atoms with E-state index in [1.807, 2.05) is 6.92 Å². The van der Waals surface area contributed by atoms with Gasteiger partial charge in [0.15, 0.2) is 6.61 Å². The van der Waals surface area contributed by atoms with E-state index < -0.39 is 23.7 Å². The molecule has 0 bridgehead atoms. The molecule has 29 heavy (non-hydrogen) atoms. The van der Waals surface area contributed by atoms with Gasteiger partial charge in [-0.2, -0.15) is 0 Å². The first kappa shape index (κ1) is 20.9. The minimum atomic E-state index is -1.12. The molecule has 2 saturated heterocycles. The molecule has 1 aromatic carbocycles. The maximum absolute atomic E-state index is 12.7. The van der Waals surface area contributed by atoms with Gasteiger partial charge in [-0.25, -0.2) is 4.79 Å². The fraction of sp³-hybridized carbons (Fsp3) is 0.400. The normalized spacial score (nSPS) is 21.0. The first-order chi connectivity index (χ1) is 13.9. The van der Waals surface area contributed by atoms with Gasteiger partial charge in [0.25, 0.3) is 11.1 Å². The molecule has 0 spiro atoms. The van der Waals surface area contributed by atoms with Gasteiger partial charge in [0.05, 0.1) is 4.91 Å². The van der Waals surface area contributed by atoms with Crippen molar-refractivity contribution in [1.29, 1.82) is 0 Å². The van der Waals surface area contributed by atoms with Crippen molar-refractivity contribution in [3.8, 4) is 5.75 Å². The zero-order valence-electron chi connectivity index (χ0n) is 16.0. The SMILES string of the molecule is C[C@@H]1CCCCN1C(=O)CN1C(=O)S/C(=C\c2ccccc2OCC(=O)O)C1=O. The highest BCUT2D eigenvalue weighted by atomic mass is 32.2. The number of aliphatic carboxylic acids is 1. The third-order valence-electron chi connectivity index (χ3n) is 4.85. The van der Waals surface area contributed by atoms with Crippen molar-refractivity contribution in [3.63, 3.8) is 0 Å². The highest BCUT2D eigenvalue weighted by Gasteiger charge is 2.38. The average molecular weight is 418 g/mol. The van der Waals surface area contributed by atoms with Crippen LogP contribution in [0.5, 0.6) is 5.75 Å². The van der Waals surface area contributed by atoms with Crippen LogP contribution < -0.4 is 4.74 Å². The summed E-state index contributed by atoms with van der Waals surface area (Å²) in [6, 6.07) is 6.74. The molecule has 0 unspecified atom stereocenters. The highest BCUT2D eigenvalue weighted by Crippen LogP contribution is 2.34. The largest absolute Gasteiger partial charge is 0.481 e. The number of para-hydroxylation sites is 1. The second kappa shape index (κ2) is 9.13. The number of carboxylic acids is 1. The Bertz CT molecular complexity index is 868. The van der Waals surface area contributed by atoms with E-state index in [-0.39, 0.29) is 23.4 Å². The van der Waals surface area contributed by atoms with Crippen LogP contribution in [0.2, 0.25) is 0 Å². The van der Waals surface area contributed by atoms with Gasteiger partial charge in [-0.3, -0.25) is 19.3 Å². The minimum absolute atomic E-state index is 0.102. The number of likely N-dealkylation sites (tertiary alicyclic amines) is 1. The van der Waals surface area contributed by atoms with Gasteiger partial charge in [0.2, 0.25) is 5.91 Å². The van der Waals surface area contributed by atoms with E-state index in [0.29, 0.717) is 17.9 Å². The number of thioether (sulfide) groups is 1. The molecule has 2 heterocycles. The molecule has 1 N–H and O–H groups in total. The number of imide groups is 1. The molecule has 2 aliphatic rings. The van der Waals surface area contributed by atoms with Crippen LogP contribution in [0, 0.1) is 0 Å². The van der Waals surface area contributed by atoms with Crippen LogP contribution in [0.25, 0.3) is 6.08 Å². The van der Waals surface area contributed by atoms with Crippen molar-refractivity contribution in [2.24, 2.45) is 0 Å². The van der Waals surface area contributed by atoms with Crippen LogP contribution in [-0.2, 0) is 14.4 Å². The summed E-state index contributed by atoms with van der Waals surface area (Å²) in [5.41, 5.74) is 0.482. The highest BCUT2D eigenvalue weighted by molar-refractivity contribution is 8.18. The summed E-state index contributed by atoms with van der Waals surface area (Å²) in [5, 5.41) is 8.29. The van der Waals surface area contributed by atoms with Crippen LogP contribution in [-0.4, -0.2) is 63.7 Å². The Morgan fingerprint density at radius 1 is 1.28 bits per heavy atom. The molecule has 1 aromatic rings. The standard InChI is InChI=1S/C20H22N2O6S/c1-13-6-4-5-9-21(13)17(23)11-22-19(26)16(29-20(22)27)10-14-7-2-3-8-15(14)28-12-18(24)25/h2-3,7-8,10,13H,4-6,9,11-12H2,1H3,(H,24,25)/b16-10-/t13-/m1/s1. The van der Waals surface area contributed by atoms with Crippen molar-refractivity contribution in [1.82, 2.24) is 9.80 Å². The summed E-state index contributed by atoms with van der Waals surface area (Å²) < 4.78 is 5.23. The van der Waals surface area contributed by atoms with Crippen LogP contribution in [0.3, 0.4) is 0 Å². The van der Waals surface area contributed by atoms with E-state index in [1.165, 1.54) is 6.08 Å². The van der Waals surface area contributed by atoms with E-state index in [0.717, 1.165) is 35.9 Å². The lowest BCUT2D eigenvalue weighted by molar-refractivity contribution is -0.139. The Labute approximate surface area is 172 Å². The maximum atomic E-state index is 12.7. The number of hydrogen-bond acceptors (Lipinski definition) is 6. The van der Waals surface area contributed by atoms with Crippen molar-refractivity contribution >= 4 is 40.9 Å². The molecular formula is C20H22N2O6S. The molecule has 3 rings (SSSR count). The van der Waals surface area contributed by atoms with Crippen LogP contribution in [0.1, 0.15) is 31.7 Å². The third-order valence-corrected chi connectivity index (χ3v) is 5.75. The first-order valence-corrected chi connectivity index (χ1v) is 10.2. The smallest absolute Gasteiger partial charge is 0.341 e. The summed E-state index contributed by atoms with van der Waals surface area (Å²) in [7, 11) is 0. The lowest BCUT2D eigenvalue weighted by Gasteiger charge is -2.34. The van der Waals surface area contributed by atoms with Crippen molar-refractivity contribution in [2.75, 3.05) is 19.7 Å². The summed E-state index contributed by atoms with van der Waals surface area (Å²) in [5.74, 6) is -1.59. The predicted molar refractivity (Wildman–Crippen MR) is 107 cm³/mol. The molecule has 154 valence electrons. The number of carbonyl (C=O) groups is 4. The molecule has 1 atom stereocenters. The van der Waals surface area contributed by atoms with E-state index in [2.05, 4.69) is 0 Å². The summed E-state index contributed by atoms with van der Waals surface area (Å²) in [6.45, 7) is 1.82. The van der Waals surface area contributed by atoms with Crippen LogP contribution in [0.4, 0.5) is 4.79 Å². The molecule has 9 heteroatoms. The van der Waals surface area contributed by atoms with Crippen molar-refractivity contribution < 1.29 is 29.0 Å². The second-order valence-corrected chi connectivity index (χ2v) is 7.91. The topological polar surface area (TPSA) is 104 Å².